The Balaban J connectivity index is 2.40. The number of carboxylic acids is 1. The highest BCUT2D eigenvalue weighted by molar-refractivity contribution is 7.99. The summed E-state index contributed by atoms with van der Waals surface area (Å²) in [5.74, 6) is -1.04. The third kappa shape index (κ3) is 4.58. The van der Waals surface area contributed by atoms with Crippen molar-refractivity contribution in [3.63, 3.8) is 0 Å². The smallest absolute Gasteiger partial charge is 0.338 e. The van der Waals surface area contributed by atoms with Crippen molar-refractivity contribution in [2.45, 2.75) is 18.6 Å². The number of aromatic carboxylic acids is 1. The van der Waals surface area contributed by atoms with Gasteiger partial charge in [-0.25, -0.2) is 9.59 Å². The largest absolute Gasteiger partial charge is 0.478 e. The first kappa shape index (κ1) is 14.8. The van der Waals surface area contributed by atoms with Gasteiger partial charge in [0.2, 0.25) is 0 Å². The molecule has 1 heterocycles. The van der Waals surface area contributed by atoms with Gasteiger partial charge in [0.25, 0.3) is 0 Å². The summed E-state index contributed by atoms with van der Waals surface area (Å²) < 4.78 is 0. The zero-order valence-corrected chi connectivity index (χ0v) is 11.9. The molecule has 1 atom stereocenters. The van der Waals surface area contributed by atoms with E-state index in [4.69, 9.17) is 5.11 Å². The maximum atomic E-state index is 11.5. The second kappa shape index (κ2) is 7.27. The van der Waals surface area contributed by atoms with Crippen molar-refractivity contribution in [2.75, 3.05) is 18.1 Å². The minimum atomic E-state index is -1.04. The third-order valence-corrected chi connectivity index (χ3v) is 4.23. The molecule has 1 aromatic rings. The number of thioether (sulfide) groups is 1. The average Bonchev–Trinajstić information content (AvgIpc) is 2.76. The number of rotatable bonds is 6. The Kier molecular flexibility index (Phi) is 6.00. The van der Waals surface area contributed by atoms with E-state index >= 15 is 0 Å². The van der Waals surface area contributed by atoms with Gasteiger partial charge >= 0.3 is 12.0 Å². The second-order valence-corrected chi connectivity index (χ2v) is 5.88. The van der Waals surface area contributed by atoms with Crippen molar-refractivity contribution in [2.24, 2.45) is 0 Å². The van der Waals surface area contributed by atoms with Crippen molar-refractivity contribution in [1.82, 2.24) is 5.32 Å². The number of carbonyl (C=O) groups excluding carboxylic acids is 1. The molecule has 0 aromatic carbocycles. The van der Waals surface area contributed by atoms with E-state index in [2.05, 4.69) is 17.6 Å². The fraction of sp³-hybridized carbons (Fsp3) is 0.455. The van der Waals surface area contributed by atoms with Gasteiger partial charge in [0.15, 0.2) is 0 Å². The number of anilines is 1. The first-order chi connectivity index (χ1) is 8.54. The van der Waals surface area contributed by atoms with E-state index in [0.717, 1.165) is 6.42 Å². The Labute approximate surface area is 114 Å². The van der Waals surface area contributed by atoms with Gasteiger partial charge in [0.05, 0.1) is 5.56 Å². The molecule has 0 aliphatic rings. The van der Waals surface area contributed by atoms with Gasteiger partial charge in [-0.2, -0.15) is 11.8 Å². The maximum Gasteiger partial charge on any atom is 0.338 e. The first-order valence-electron chi connectivity index (χ1n) is 5.43. The van der Waals surface area contributed by atoms with Crippen LogP contribution in [-0.2, 0) is 0 Å². The highest BCUT2D eigenvalue weighted by atomic mass is 32.2. The molecule has 0 radical (unpaired) electrons. The van der Waals surface area contributed by atoms with Crippen LogP contribution in [0.5, 0.6) is 0 Å². The Morgan fingerprint density at radius 2 is 2.28 bits per heavy atom. The molecule has 0 bridgehead atoms. The molecule has 0 aliphatic heterocycles. The summed E-state index contributed by atoms with van der Waals surface area (Å²) in [5, 5.41) is 16.6. The van der Waals surface area contributed by atoms with Crippen molar-refractivity contribution >= 4 is 40.1 Å². The number of hydrogen-bond donors (Lipinski definition) is 3. The molecule has 0 saturated heterocycles. The third-order valence-electron chi connectivity index (χ3n) is 2.36. The Morgan fingerprint density at radius 3 is 2.89 bits per heavy atom. The van der Waals surface area contributed by atoms with E-state index in [9.17, 15) is 9.59 Å². The number of hydrogen-bond acceptors (Lipinski definition) is 4. The molecule has 2 amide bonds. The fourth-order valence-electron chi connectivity index (χ4n) is 1.23. The Morgan fingerprint density at radius 1 is 1.56 bits per heavy atom. The van der Waals surface area contributed by atoms with Crippen molar-refractivity contribution < 1.29 is 14.7 Å². The lowest BCUT2D eigenvalue weighted by molar-refractivity contribution is 0.0698. The van der Waals surface area contributed by atoms with Gasteiger partial charge in [0, 0.05) is 11.8 Å². The predicted octanol–water partition coefficient (Wildman–Crippen LogP) is 2.71. The highest BCUT2D eigenvalue weighted by Crippen LogP contribution is 2.22. The Hall–Kier alpha value is -1.21. The highest BCUT2D eigenvalue weighted by Gasteiger charge is 2.13. The molecule has 1 aromatic heterocycles. The zero-order chi connectivity index (χ0) is 13.5. The number of thiophene rings is 1. The molecule has 100 valence electrons. The lowest BCUT2D eigenvalue weighted by atomic mass is 10.3. The van der Waals surface area contributed by atoms with Crippen LogP contribution in [0, 0.1) is 0 Å². The van der Waals surface area contributed by atoms with Gasteiger partial charge in [-0.15, -0.1) is 11.3 Å². The normalized spacial score (nSPS) is 11.9. The van der Waals surface area contributed by atoms with E-state index in [1.165, 1.54) is 17.4 Å². The molecule has 3 N–H and O–H groups in total. The Bertz CT molecular complexity index is 420. The monoisotopic (exact) mass is 288 g/mol. The first-order valence-corrected chi connectivity index (χ1v) is 7.59. The van der Waals surface area contributed by atoms with Crippen LogP contribution >= 0.6 is 23.1 Å². The summed E-state index contributed by atoms with van der Waals surface area (Å²) in [5.41, 5.74) is 0.118. The summed E-state index contributed by atoms with van der Waals surface area (Å²) in [6.07, 6.45) is 2.90. The molecule has 0 spiro atoms. The molecule has 1 unspecified atom stereocenters. The zero-order valence-electron chi connectivity index (χ0n) is 10.2. The van der Waals surface area contributed by atoms with Crippen molar-refractivity contribution in [1.29, 1.82) is 0 Å². The molecule has 1 rings (SSSR count). The number of amides is 2. The predicted molar refractivity (Wildman–Crippen MR) is 75.9 cm³/mol. The second-order valence-electron chi connectivity index (χ2n) is 3.68. The fourth-order valence-corrected chi connectivity index (χ4v) is 2.36. The van der Waals surface area contributed by atoms with Crippen LogP contribution < -0.4 is 10.6 Å². The van der Waals surface area contributed by atoms with E-state index < -0.39 is 5.97 Å². The van der Waals surface area contributed by atoms with Crippen LogP contribution in [0.4, 0.5) is 9.80 Å². The van der Waals surface area contributed by atoms with Gasteiger partial charge in [-0.05, 0) is 24.1 Å². The molecule has 18 heavy (non-hydrogen) atoms. The molecular formula is C11H16N2O3S2. The SMILES string of the molecule is CSC(C)CCNC(=O)Nc1sccc1C(=O)O. The number of urea groups is 1. The van der Waals surface area contributed by atoms with E-state index in [1.54, 1.807) is 17.1 Å². The van der Waals surface area contributed by atoms with Crippen LogP contribution in [0.3, 0.4) is 0 Å². The van der Waals surface area contributed by atoms with E-state index in [-0.39, 0.29) is 11.6 Å². The molecular weight excluding hydrogens is 272 g/mol. The van der Waals surface area contributed by atoms with Gasteiger partial charge in [0.1, 0.15) is 5.00 Å². The maximum absolute atomic E-state index is 11.5. The molecule has 5 nitrogen and oxygen atoms in total. The summed E-state index contributed by atoms with van der Waals surface area (Å²) >= 11 is 2.93. The van der Waals surface area contributed by atoms with Gasteiger partial charge in [-0.1, -0.05) is 6.92 Å². The van der Waals surface area contributed by atoms with Crippen LogP contribution in [-0.4, -0.2) is 35.2 Å². The van der Waals surface area contributed by atoms with Crippen LogP contribution in [0.2, 0.25) is 0 Å². The number of carboxylic acid groups (broad SMARTS) is 1. The number of nitrogens with one attached hydrogen (secondary N) is 2. The topological polar surface area (TPSA) is 78.4 Å². The van der Waals surface area contributed by atoms with Crippen molar-refractivity contribution in [3.8, 4) is 0 Å². The van der Waals surface area contributed by atoms with E-state index in [0.29, 0.717) is 16.8 Å². The average molecular weight is 288 g/mol. The van der Waals surface area contributed by atoms with Crippen LogP contribution in [0.1, 0.15) is 23.7 Å². The standard InChI is InChI=1S/C11H16N2O3S2/c1-7(17-2)3-5-12-11(16)13-9-8(10(14)15)4-6-18-9/h4,6-7H,3,5H2,1-2H3,(H,14,15)(H2,12,13,16). The van der Waals surface area contributed by atoms with Gasteiger partial charge < -0.3 is 10.4 Å². The van der Waals surface area contributed by atoms with Crippen LogP contribution in [0.15, 0.2) is 11.4 Å². The van der Waals surface area contributed by atoms with E-state index in [1.807, 2.05) is 6.26 Å². The number of carbonyl (C=O) groups is 2. The minimum Gasteiger partial charge on any atom is -0.478 e. The lowest BCUT2D eigenvalue weighted by Gasteiger charge is -2.09. The quantitative estimate of drug-likeness (QED) is 0.752. The minimum absolute atomic E-state index is 0.118. The molecule has 0 saturated carbocycles. The lowest BCUT2D eigenvalue weighted by Crippen LogP contribution is -2.30. The molecule has 0 aliphatic carbocycles. The summed E-state index contributed by atoms with van der Waals surface area (Å²) in [6.45, 7) is 2.66. The van der Waals surface area contributed by atoms with Gasteiger partial charge in [-0.3, -0.25) is 5.32 Å². The summed E-state index contributed by atoms with van der Waals surface area (Å²) in [7, 11) is 0. The summed E-state index contributed by atoms with van der Waals surface area (Å²) in [6, 6.07) is 1.10. The van der Waals surface area contributed by atoms with Crippen molar-refractivity contribution in [3.05, 3.63) is 17.0 Å². The van der Waals surface area contributed by atoms with Crippen LogP contribution in [0.25, 0.3) is 0 Å². The molecule has 0 fully saturated rings. The molecule has 7 heteroatoms. The summed E-state index contributed by atoms with van der Waals surface area (Å²) in [4.78, 5) is 22.4.